The summed E-state index contributed by atoms with van der Waals surface area (Å²) in [6.45, 7) is -0.0399. The molecule has 21 heavy (non-hydrogen) atoms. The molecule has 0 aliphatic carbocycles. The van der Waals surface area contributed by atoms with E-state index in [1.165, 1.54) is 0 Å². The molecular formula is C14H21N3O3S. The Morgan fingerprint density at radius 2 is 2.00 bits per heavy atom. The third-order valence-electron chi connectivity index (χ3n) is 2.74. The highest BCUT2D eigenvalue weighted by molar-refractivity contribution is 7.98. The van der Waals surface area contributed by atoms with E-state index in [2.05, 4.69) is 10.6 Å². The fourth-order valence-corrected chi connectivity index (χ4v) is 1.96. The number of thioether (sulfide) groups is 1. The van der Waals surface area contributed by atoms with Gasteiger partial charge in [-0.1, -0.05) is 0 Å². The molecule has 0 radical (unpaired) electrons. The predicted molar refractivity (Wildman–Crippen MR) is 85.6 cm³/mol. The van der Waals surface area contributed by atoms with Gasteiger partial charge in [-0.2, -0.15) is 11.8 Å². The lowest BCUT2D eigenvalue weighted by Gasteiger charge is -2.12. The molecule has 0 fully saturated rings. The van der Waals surface area contributed by atoms with Crippen LogP contribution >= 0.6 is 11.8 Å². The van der Waals surface area contributed by atoms with Crippen molar-refractivity contribution in [3.63, 3.8) is 0 Å². The summed E-state index contributed by atoms with van der Waals surface area (Å²) in [5.41, 5.74) is 6.43. The molecule has 0 spiro atoms. The molecule has 1 atom stereocenters. The SMILES string of the molecule is CNC(=O)COc1ccc(NC(=O)[C@@H](N)CCSC)cc1. The number of anilines is 1. The Morgan fingerprint density at radius 1 is 1.33 bits per heavy atom. The molecule has 0 aliphatic rings. The highest BCUT2D eigenvalue weighted by Crippen LogP contribution is 2.16. The van der Waals surface area contributed by atoms with Crippen LogP contribution in [0.1, 0.15) is 6.42 Å². The van der Waals surface area contributed by atoms with Gasteiger partial charge in [0.15, 0.2) is 6.61 Å². The largest absolute Gasteiger partial charge is 0.484 e. The molecule has 0 saturated carbocycles. The number of hydrogen-bond donors (Lipinski definition) is 3. The van der Waals surface area contributed by atoms with Crippen molar-refractivity contribution in [2.24, 2.45) is 5.73 Å². The topological polar surface area (TPSA) is 93.5 Å². The second-order valence-corrected chi connectivity index (χ2v) is 5.35. The molecule has 1 aromatic carbocycles. The van der Waals surface area contributed by atoms with Gasteiger partial charge in [0.1, 0.15) is 5.75 Å². The van der Waals surface area contributed by atoms with Gasteiger partial charge < -0.3 is 21.1 Å². The zero-order chi connectivity index (χ0) is 15.7. The Kier molecular flexibility index (Phi) is 7.63. The minimum atomic E-state index is -0.512. The summed E-state index contributed by atoms with van der Waals surface area (Å²) < 4.78 is 5.27. The summed E-state index contributed by atoms with van der Waals surface area (Å²) in [4.78, 5) is 22.9. The van der Waals surface area contributed by atoms with E-state index in [9.17, 15) is 9.59 Å². The van der Waals surface area contributed by atoms with Crippen molar-refractivity contribution >= 4 is 29.3 Å². The molecule has 0 unspecified atom stereocenters. The third kappa shape index (κ3) is 6.50. The maximum absolute atomic E-state index is 11.8. The molecule has 4 N–H and O–H groups in total. The molecule has 0 aliphatic heterocycles. The van der Waals surface area contributed by atoms with Crippen LogP contribution in [0.5, 0.6) is 5.75 Å². The lowest BCUT2D eigenvalue weighted by Crippen LogP contribution is -2.36. The van der Waals surface area contributed by atoms with E-state index in [0.29, 0.717) is 17.9 Å². The smallest absolute Gasteiger partial charge is 0.257 e. The van der Waals surface area contributed by atoms with E-state index in [4.69, 9.17) is 10.5 Å². The molecule has 116 valence electrons. The minimum Gasteiger partial charge on any atom is -0.484 e. The summed E-state index contributed by atoms with van der Waals surface area (Å²) >= 11 is 1.66. The first-order valence-corrected chi connectivity index (χ1v) is 7.95. The van der Waals surface area contributed by atoms with E-state index in [0.717, 1.165) is 5.75 Å². The first kappa shape index (κ1) is 17.3. The molecule has 6 nitrogen and oxygen atoms in total. The van der Waals surface area contributed by atoms with Gasteiger partial charge in [0.25, 0.3) is 5.91 Å². The van der Waals surface area contributed by atoms with Gasteiger partial charge in [0, 0.05) is 12.7 Å². The number of nitrogens with two attached hydrogens (primary N) is 1. The minimum absolute atomic E-state index is 0.0399. The monoisotopic (exact) mass is 311 g/mol. The Balaban J connectivity index is 2.46. The van der Waals surface area contributed by atoms with Gasteiger partial charge in [-0.25, -0.2) is 0 Å². The summed E-state index contributed by atoms with van der Waals surface area (Å²) in [7, 11) is 1.55. The van der Waals surface area contributed by atoms with Crippen LogP contribution in [-0.2, 0) is 9.59 Å². The van der Waals surface area contributed by atoms with Crippen molar-refractivity contribution in [2.75, 3.05) is 31.0 Å². The number of rotatable bonds is 8. The second-order valence-electron chi connectivity index (χ2n) is 4.36. The van der Waals surface area contributed by atoms with E-state index in [1.807, 2.05) is 6.26 Å². The fourth-order valence-electron chi connectivity index (χ4n) is 1.47. The molecule has 0 aromatic heterocycles. The Morgan fingerprint density at radius 3 is 2.57 bits per heavy atom. The van der Waals surface area contributed by atoms with Crippen LogP contribution in [0.2, 0.25) is 0 Å². The Labute approximate surface area is 128 Å². The Bertz CT molecular complexity index is 465. The van der Waals surface area contributed by atoms with Gasteiger partial charge in [-0.3, -0.25) is 9.59 Å². The normalized spacial score (nSPS) is 11.6. The van der Waals surface area contributed by atoms with Crippen molar-refractivity contribution < 1.29 is 14.3 Å². The predicted octanol–water partition coefficient (Wildman–Crippen LogP) is 0.830. The zero-order valence-electron chi connectivity index (χ0n) is 12.2. The van der Waals surface area contributed by atoms with E-state index in [-0.39, 0.29) is 18.4 Å². The van der Waals surface area contributed by atoms with Crippen LogP contribution in [0.4, 0.5) is 5.69 Å². The van der Waals surface area contributed by atoms with Crippen molar-refractivity contribution in [1.29, 1.82) is 0 Å². The van der Waals surface area contributed by atoms with Gasteiger partial charge >= 0.3 is 0 Å². The number of benzene rings is 1. The molecule has 1 aromatic rings. The van der Waals surface area contributed by atoms with Crippen LogP contribution in [0.3, 0.4) is 0 Å². The molecule has 1 rings (SSSR count). The molecule has 2 amide bonds. The van der Waals surface area contributed by atoms with Crippen molar-refractivity contribution in [3.8, 4) is 5.75 Å². The number of nitrogens with one attached hydrogen (secondary N) is 2. The van der Waals surface area contributed by atoms with Crippen LogP contribution < -0.4 is 21.1 Å². The summed E-state index contributed by atoms with van der Waals surface area (Å²) in [6, 6.07) is 6.27. The lowest BCUT2D eigenvalue weighted by atomic mass is 10.2. The van der Waals surface area contributed by atoms with E-state index < -0.39 is 6.04 Å². The number of carbonyl (C=O) groups excluding carboxylic acids is 2. The number of ether oxygens (including phenoxy) is 1. The average molecular weight is 311 g/mol. The molecule has 7 heteroatoms. The number of carbonyl (C=O) groups is 2. The highest BCUT2D eigenvalue weighted by atomic mass is 32.2. The van der Waals surface area contributed by atoms with Crippen molar-refractivity contribution in [3.05, 3.63) is 24.3 Å². The standard InChI is InChI=1S/C14H21N3O3S/c1-16-13(18)9-20-11-5-3-10(4-6-11)17-14(19)12(15)7-8-21-2/h3-6,12H,7-9,15H2,1-2H3,(H,16,18)(H,17,19)/t12-/m0/s1. The summed E-state index contributed by atoms with van der Waals surface area (Å²) in [6.07, 6.45) is 2.61. The van der Waals surface area contributed by atoms with Crippen LogP contribution in [0, 0.1) is 0 Å². The Hall–Kier alpha value is -1.73. The van der Waals surface area contributed by atoms with Crippen molar-refractivity contribution in [1.82, 2.24) is 5.32 Å². The van der Waals surface area contributed by atoms with Gasteiger partial charge in [-0.15, -0.1) is 0 Å². The summed E-state index contributed by atoms with van der Waals surface area (Å²) in [5, 5.41) is 5.21. The van der Waals surface area contributed by atoms with E-state index >= 15 is 0 Å². The first-order valence-electron chi connectivity index (χ1n) is 6.55. The quantitative estimate of drug-likeness (QED) is 0.661. The second kappa shape index (κ2) is 9.25. The molecule has 0 saturated heterocycles. The van der Waals surface area contributed by atoms with Gasteiger partial charge in [0.2, 0.25) is 5.91 Å². The highest BCUT2D eigenvalue weighted by Gasteiger charge is 2.12. The van der Waals surface area contributed by atoms with Crippen molar-refractivity contribution in [2.45, 2.75) is 12.5 Å². The van der Waals surface area contributed by atoms with Crippen LogP contribution in [0.25, 0.3) is 0 Å². The van der Waals surface area contributed by atoms with Crippen LogP contribution in [-0.4, -0.2) is 43.5 Å². The summed E-state index contributed by atoms with van der Waals surface area (Å²) in [5.74, 6) is 0.999. The molecular weight excluding hydrogens is 290 g/mol. The molecule has 0 heterocycles. The lowest BCUT2D eigenvalue weighted by molar-refractivity contribution is -0.122. The number of hydrogen-bond acceptors (Lipinski definition) is 5. The number of amides is 2. The van der Waals surface area contributed by atoms with E-state index in [1.54, 1.807) is 43.1 Å². The zero-order valence-corrected chi connectivity index (χ0v) is 13.0. The fraction of sp³-hybridized carbons (Fsp3) is 0.429. The average Bonchev–Trinajstić information content (AvgIpc) is 2.51. The maximum Gasteiger partial charge on any atom is 0.257 e. The first-order chi connectivity index (χ1) is 10.1. The van der Waals surface area contributed by atoms with Gasteiger partial charge in [0.05, 0.1) is 6.04 Å². The van der Waals surface area contributed by atoms with Crippen LogP contribution in [0.15, 0.2) is 24.3 Å². The van der Waals surface area contributed by atoms with Gasteiger partial charge in [-0.05, 0) is 42.7 Å². The molecule has 0 bridgehead atoms. The third-order valence-corrected chi connectivity index (χ3v) is 3.38. The maximum atomic E-state index is 11.8. The number of likely N-dealkylation sites (N-methyl/N-ethyl adjacent to an activating group) is 1.